The SMILES string of the molecule is COc1cc(C=Cc2ccc([N+](=O)[O-])cc2[N+](=O)[O-])ccc1OC(=O)COc1ccc(C)c(C)c1. The lowest BCUT2D eigenvalue weighted by atomic mass is 10.1. The highest BCUT2D eigenvalue weighted by Gasteiger charge is 2.18. The molecule has 0 fully saturated rings. The van der Waals surface area contributed by atoms with Gasteiger partial charge in [0.2, 0.25) is 0 Å². The van der Waals surface area contributed by atoms with Crippen LogP contribution in [0.5, 0.6) is 17.2 Å². The van der Waals surface area contributed by atoms with E-state index >= 15 is 0 Å². The summed E-state index contributed by atoms with van der Waals surface area (Å²) in [4.78, 5) is 33.1. The van der Waals surface area contributed by atoms with E-state index in [-0.39, 0.29) is 29.4 Å². The third-order valence-electron chi connectivity index (χ3n) is 5.12. The van der Waals surface area contributed by atoms with Gasteiger partial charge >= 0.3 is 5.97 Å². The van der Waals surface area contributed by atoms with E-state index < -0.39 is 21.5 Å². The van der Waals surface area contributed by atoms with E-state index in [4.69, 9.17) is 14.2 Å². The molecule has 3 rings (SSSR count). The fraction of sp³-hybridized carbons (Fsp3) is 0.160. The largest absolute Gasteiger partial charge is 0.493 e. The highest BCUT2D eigenvalue weighted by Crippen LogP contribution is 2.30. The van der Waals surface area contributed by atoms with Gasteiger partial charge in [-0.3, -0.25) is 20.2 Å². The van der Waals surface area contributed by atoms with Crippen LogP contribution in [-0.2, 0) is 4.79 Å². The van der Waals surface area contributed by atoms with Crippen LogP contribution in [0.1, 0.15) is 22.3 Å². The van der Waals surface area contributed by atoms with Crippen LogP contribution in [0.2, 0.25) is 0 Å². The van der Waals surface area contributed by atoms with Gasteiger partial charge in [0.15, 0.2) is 18.1 Å². The maximum absolute atomic E-state index is 12.2. The van der Waals surface area contributed by atoms with E-state index in [1.165, 1.54) is 31.4 Å². The average molecular weight is 478 g/mol. The molecule has 0 saturated carbocycles. The summed E-state index contributed by atoms with van der Waals surface area (Å²) in [6.45, 7) is 3.63. The molecule has 0 unspecified atom stereocenters. The second-order valence-corrected chi connectivity index (χ2v) is 7.51. The Balaban J connectivity index is 1.71. The summed E-state index contributed by atoms with van der Waals surface area (Å²) in [7, 11) is 1.41. The summed E-state index contributed by atoms with van der Waals surface area (Å²) in [6, 6.07) is 13.6. The van der Waals surface area contributed by atoms with Crippen LogP contribution in [0, 0.1) is 34.1 Å². The number of hydrogen-bond donors (Lipinski definition) is 0. The number of ether oxygens (including phenoxy) is 3. The Morgan fingerprint density at radius 1 is 0.886 bits per heavy atom. The predicted octanol–water partition coefficient (Wildman–Crippen LogP) is 5.28. The van der Waals surface area contributed by atoms with Crippen molar-refractivity contribution in [2.45, 2.75) is 13.8 Å². The van der Waals surface area contributed by atoms with Crippen molar-refractivity contribution < 1.29 is 28.9 Å². The number of carbonyl (C=O) groups is 1. The van der Waals surface area contributed by atoms with Crippen molar-refractivity contribution in [1.29, 1.82) is 0 Å². The van der Waals surface area contributed by atoms with Gasteiger partial charge in [0, 0.05) is 6.07 Å². The number of hydrogen-bond acceptors (Lipinski definition) is 8. The Kier molecular flexibility index (Phi) is 7.77. The Morgan fingerprint density at radius 3 is 2.31 bits per heavy atom. The first-order valence-corrected chi connectivity index (χ1v) is 10.4. The van der Waals surface area contributed by atoms with Gasteiger partial charge in [0.25, 0.3) is 11.4 Å². The highest BCUT2D eigenvalue weighted by molar-refractivity contribution is 5.77. The van der Waals surface area contributed by atoms with Gasteiger partial charge in [0.1, 0.15) is 5.75 Å². The van der Waals surface area contributed by atoms with Gasteiger partial charge < -0.3 is 14.2 Å². The molecule has 35 heavy (non-hydrogen) atoms. The molecule has 10 nitrogen and oxygen atoms in total. The molecular weight excluding hydrogens is 456 g/mol. The molecule has 0 amide bonds. The number of esters is 1. The molecule has 0 heterocycles. The molecule has 0 spiro atoms. The molecule has 3 aromatic carbocycles. The fourth-order valence-corrected chi connectivity index (χ4v) is 3.10. The lowest BCUT2D eigenvalue weighted by Crippen LogP contribution is -2.18. The second-order valence-electron chi connectivity index (χ2n) is 7.51. The first-order valence-electron chi connectivity index (χ1n) is 10.4. The normalized spacial score (nSPS) is 10.7. The molecule has 10 heteroatoms. The third-order valence-corrected chi connectivity index (χ3v) is 5.12. The first-order chi connectivity index (χ1) is 16.7. The van der Waals surface area contributed by atoms with Gasteiger partial charge in [-0.1, -0.05) is 18.2 Å². The second kappa shape index (κ2) is 10.9. The van der Waals surface area contributed by atoms with E-state index in [2.05, 4.69) is 0 Å². The maximum atomic E-state index is 12.2. The summed E-state index contributed by atoms with van der Waals surface area (Å²) >= 11 is 0. The Hall–Kier alpha value is -4.73. The zero-order chi connectivity index (χ0) is 25.5. The van der Waals surface area contributed by atoms with Gasteiger partial charge in [-0.05, 0) is 66.9 Å². The third kappa shape index (κ3) is 6.41. The quantitative estimate of drug-likeness (QED) is 0.133. The molecule has 0 saturated heterocycles. The summed E-state index contributed by atoms with van der Waals surface area (Å²) in [5.74, 6) is 0.383. The number of nitro benzene ring substituents is 2. The lowest BCUT2D eigenvalue weighted by Gasteiger charge is -2.11. The van der Waals surface area contributed by atoms with E-state index in [0.29, 0.717) is 11.3 Å². The molecule has 0 aromatic heterocycles. The average Bonchev–Trinajstić information content (AvgIpc) is 2.83. The molecule has 0 aliphatic rings. The highest BCUT2D eigenvalue weighted by atomic mass is 16.6. The van der Waals surface area contributed by atoms with Crippen molar-refractivity contribution in [3.63, 3.8) is 0 Å². The summed E-state index contributed by atoms with van der Waals surface area (Å²) in [5.41, 5.74) is 2.18. The monoisotopic (exact) mass is 478 g/mol. The smallest absolute Gasteiger partial charge is 0.349 e. The molecular formula is C25H22N2O8. The minimum Gasteiger partial charge on any atom is -0.493 e. The van der Waals surface area contributed by atoms with Gasteiger partial charge in [-0.15, -0.1) is 0 Å². The molecule has 0 bridgehead atoms. The Bertz CT molecular complexity index is 1320. The lowest BCUT2D eigenvalue weighted by molar-refractivity contribution is -0.394. The van der Waals surface area contributed by atoms with Crippen molar-refractivity contribution >= 4 is 29.5 Å². The standard InChI is InChI=1S/C25H22N2O8/c1-16-4-10-21(12-17(16)2)34-15-25(28)35-23-11-6-18(13-24(23)33-3)5-7-19-8-9-20(26(29)30)14-22(19)27(31)32/h4-14H,15H2,1-3H3. The van der Waals surface area contributed by atoms with Crippen LogP contribution in [0.15, 0.2) is 54.6 Å². The number of rotatable bonds is 9. The zero-order valence-corrected chi connectivity index (χ0v) is 19.2. The molecule has 180 valence electrons. The molecule has 0 N–H and O–H groups in total. The molecule has 0 atom stereocenters. The predicted molar refractivity (Wildman–Crippen MR) is 129 cm³/mol. The van der Waals surface area contributed by atoms with Gasteiger partial charge in [-0.25, -0.2) is 4.79 Å². The fourth-order valence-electron chi connectivity index (χ4n) is 3.10. The molecule has 0 radical (unpaired) electrons. The van der Waals surface area contributed by atoms with E-state index in [1.54, 1.807) is 24.3 Å². The van der Waals surface area contributed by atoms with Gasteiger partial charge in [0.05, 0.1) is 28.6 Å². The van der Waals surface area contributed by atoms with Gasteiger partial charge in [-0.2, -0.15) is 0 Å². The minimum atomic E-state index is -0.696. The number of nitro groups is 2. The number of methoxy groups -OCH3 is 1. The van der Waals surface area contributed by atoms with Crippen molar-refractivity contribution in [3.05, 3.63) is 97.1 Å². The number of non-ortho nitro benzene ring substituents is 1. The van der Waals surface area contributed by atoms with Crippen LogP contribution in [0.3, 0.4) is 0 Å². The van der Waals surface area contributed by atoms with E-state index in [0.717, 1.165) is 17.2 Å². The zero-order valence-electron chi connectivity index (χ0n) is 19.2. The van der Waals surface area contributed by atoms with Crippen molar-refractivity contribution in [3.8, 4) is 17.2 Å². The van der Waals surface area contributed by atoms with Crippen LogP contribution in [0.4, 0.5) is 11.4 Å². The summed E-state index contributed by atoms with van der Waals surface area (Å²) in [6.07, 6.45) is 3.03. The maximum Gasteiger partial charge on any atom is 0.349 e. The topological polar surface area (TPSA) is 131 Å². The molecule has 3 aromatic rings. The van der Waals surface area contributed by atoms with E-state index in [1.807, 2.05) is 26.0 Å². The van der Waals surface area contributed by atoms with Crippen LogP contribution in [-0.4, -0.2) is 29.5 Å². The molecule has 0 aliphatic heterocycles. The van der Waals surface area contributed by atoms with Crippen molar-refractivity contribution in [2.75, 3.05) is 13.7 Å². The summed E-state index contributed by atoms with van der Waals surface area (Å²) < 4.78 is 16.1. The first kappa shape index (κ1) is 24.9. The number of nitrogens with zero attached hydrogens (tertiary/aromatic N) is 2. The minimum absolute atomic E-state index is 0.180. The van der Waals surface area contributed by atoms with Crippen LogP contribution < -0.4 is 14.2 Å². The summed E-state index contributed by atoms with van der Waals surface area (Å²) in [5, 5.41) is 22.2. The number of benzene rings is 3. The van der Waals surface area contributed by atoms with Crippen molar-refractivity contribution in [2.24, 2.45) is 0 Å². The Morgan fingerprint density at radius 2 is 1.66 bits per heavy atom. The Labute approximate surface area is 200 Å². The van der Waals surface area contributed by atoms with E-state index in [9.17, 15) is 25.0 Å². The van der Waals surface area contributed by atoms with Crippen LogP contribution >= 0.6 is 0 Å². The van der Waals surface area contributed by atoms with Crippen LogP contribution in [0.25, 0.3) is 12.2 Å². The molecule has 0 aliphatic carbocycles. The van der Waals surface area contributed by atoms with Crippen molar-refractivity contribution in [1.82, 2.24) is 0 Å². The number of carbonyl (C=O) groups excluding carboxylic acids is 1. The number of aryl methyl sites for hydroxylation is 2.